The quantitative estimate of drug-likeness (QED) is 0.507. The predicted molar refractivity (Wildman–Crippen MR) is 120 cm³/mol. The zero-order valence-corrected chi connectivity index (χ0v) is 19.0. The van der Waals surface area contributed by atoms with Crippen LogP contribution in [0.25, 0.3) is 11.1 Å². The molecule has 0 saturated carbocycles. The van der Waals surface area contributed by atoms with E-state index < -0.39 is 16.2 Å². The minimum atomic E-state index is -3.84. The van der Waals surface area contributed by atoms with Gasteiger partial charge in [-0.15, -0.1) is 0 Å². The van der Waals surface area contributed by atoms with E-state index in [1.165, 1.54) is 11.1 Å². The first-order valence-corrected chi connectivity index (χ1v) is 11.6. The van der Waals surface area contributed by atoms with Gasteiger partial charge in [0, 0.05) is 17.5 Å². The summed E-state index contributed by atoms with van der Waals surface area (Å²) in [5.41, 5.74) is 6.35. The number of hydrogen-bond acceptors (Lipinski definition) is 5. The minimum Gasteiger partial charge on any atom is -0.497 e. The van der Waals surface area contributed by atoms with Crippen molar-refractivity contribution in [3.63, 3.8) is 0 Å². The molecule has 0 N–H and O–H groups in total. The second-order valence-corrected chi connectivity index (χ2v) is 9.52. The van der Waals surface area contributed by atoms with Crippen molar-refractivity contribution in [3.05, 3.63) is 76.9 Å². The first-order chi connectivity index (χ1) is 14.8. The molecule has 1 aliphatic heterocycles. The monoisotopic (exact) mass is 438 g/mol. The molecule has 162 valence electrons. The topological polar surface area (TPSA) is 61.8 Å². The van der Waals surface area contributed by atoms with E-state index in [9.17, 15) is 8.42 Å². The Morgan fingerprint density at radius 1 is 1.00 bits per heavy atom. The standard InChI is InChI=1S/C25H26O5S/c1-16-8-10-22(11-9-16)31(26,27)29-15-21-13-19-12-20(28-4)14-24(25(19)30-21)23-7-5-6-17(2)18(23)3/h5-12,14,21H,13,15H2,1-4H3. The number of benzene rings is 3. The molecule has 1 atom stereocenters. The summed E-state index contributed by atoms with van der Waals surface area (Å²) < 4.78 is 42.1. The molecule has 0 bridgehead atoms. The lowest BCUT2D eigenvalue weighted by atomic mass is 9.94. The first kappa shape index (κ1) is 21.4. The van der Waals surface area contributed by atoms with E-state index in [2.05, 4.69) is 26.0 Å². The van der Waals surface area contributed by atoms with E-state index in [0.717, 1.165) is 33.8 Å². The zero-order chi connectivity index (χ0) is 22.2. The van der Waals surface area contributed by atoms with Crippen molar-refractivity contribution in [2.75, 3.05) is 13.7 Å². The summed E-state index contributed by atoms with van der Waals surface area (Å²) in [5, 5.41) is 0. The molecule has 1 unspecified atom stereocenters. The maximum Gasteiger partial charge on any atom is 0.297 e. The molecule has 0 fully saturated rings. The van der Waals surface area contributed by atoms with Crippen molar-refractivity contribution in [2.24, 2.45) is 0 Å². The van der Waals surface area contributed by atoms with Gasteiger partial charge in [0.25, 0.3) is 10.1 Å². The van der Waals surface area contributed by atoms with Gasteiger partial charge in [-0.3, -0.25) is 4.18 Å². The largest absolute Gasteiger partial charge is 0.497 e. The van der Waals surface area contributed by atoms with Crippen molar-refractivity contribution >= 4 is 10.1 Å². The molecule has 3 aromatic carbocycles. The van der Waals surface area contributed by atoms with Gasteiger partial charge in [-0.05, 0) is 61.7 Å². The molecular weight excluding hydrogens is 412 g/mol. The molecule has 0 spiro atoms. The third kappa shape index (κ3) is 4.31. The fourth-order valence-electron chi connectivity index (χ4n) is 3.80. The number of ether oxygens (including phenoxy) is 2. The fourth-order valence-corrected chi connectivity index (χ4v) is 4.73. The Kier molecular flexibility index (Phi) is 5.77. The van der Waals surface area contributed by atoms with Gasteiger partial charge >= 0.3 is 0 Å². The van der Waals surface area contributed by atoms with Crippen LogP contribution in [0, 0.1) is 20.8 Å². The highest BCUT2D eigenvalue weighted by atomic mass is 32.2. The van der Waals surface area contributed by atoms with Crippen LogP contribution in [0.2, 0.25) is 0 Å². The summed E-state index contributed by atoms with van der Waals surface area (Å²) in [6.07, 6.45) is 0.152. The number of fused-ring (bicyclic) bond motifs is 1. The highest BCUT2D eigenvalue weighted by Crippen LogP contribution is 2.43. The first-order valence-electron chi connectivity index (χ1n) is 10.2. The molecule has 31 heavy (non-hydrogen) atoms. The Morgan fingerprint density at radius 2 is 1.74 bits per heavy atom. The van der Waals surface area contributed by atoms with Crippen LogP contribution in [-0.2, 0) is 20.7 Å². The van der Waals surface area contributed by atoms with Crippen LogP contribution < -0.4 is 9.47 Å². The summed E-state index contributed by atoms with van der Waals surface area (Å²) in [5.74, 6) is 1.50. The Balaban J connectivity index is 1.58. The number of hydrogen-bond donors (Lipinski definition) is 0. The molecular formula is C25H26O5S. The van der Waals surface area contributed by atoms with Gasteiger partial charge in [-0.25, -0.2) is 0 Å². The zero-order valence-electron chi connectivity index (χ0n) is 18.1. The van der Waals surface area contributed by atoms with Gasteiger partial charge in [0.15, 0.2) is 0 Å². The summed E-state index contributed by atoms with van der Waals surface area (Å²) in [6.45, 7) is 6.01. The van der Waals surface area contributed by atoms with Gasteiger partial charge < -0.3 is 9.47 Å². The number of methoxy groups -OCH3 is 1. The van der Waals surface area contributed by atoms with Gasteiger partial charge in [0.1, 0.15) is 24.2 Å². The number of rotatable bonds is 6. The molecule has 0 aromatic heterocycles. The summed E-state index contributed by atoms with van der Waals surface area (Å²) >= 11 is 0. The lowest BCUT2D eigenvalue weighted by Gasteiger charge is -2.16. The summed E-state index contributed by atoms with van der Waals surface area (Å²) in [6, 6.07) is 16.7. The van der Waals surface area contributed by atoms with Crippen molar-refractivity contribution in [1.82, 2.24) is 0 Å². The second-order valence-electron chi connectivity index (χ2n) is 7.91. The van der Waals surface area contributed by atoms with Crippen LogP contribution >= 0.6 is 0 Å². The molecule has 4 rings (SSSR count). The van der Waals surface area contributed by atoms with Crippen LogP contribution in [0.1, 0.15) is 22.3 Å². The van der Waals surface area contributed by atoms with E-state index in [4.69, 9.17) is 13.7 Å². The van der Waals surface area contributed by atoms with E-state index in [-0.39, 0.29) is 11.5 Å². The van der Waals surface area contributed by atoms with Crippen LogP contribution in [0.5, 0.6) is 11.5 Å². The maximum absolute atomic E-state index is 12.5. The summed E-state index contributed by atoms with van der Waals surface area (Å²) in [7, 11) is -2.21. The average Bonchev–Trinajstić information content (AvgIpc) is 3.17. The fraction of sp³-hybridized carbons (Fsp3) is 0.280. The summed E-state index contributed by atoms with van der Waals surface area (Å²) in [4.78, 5) is 0.145. The molecule has 0 saturated heterocycles. The SMILES string of the molecule is COc1cc2c(c(-c3cccc(C)c3C)c1)OC(COS(=O)(=O)c1ccc(C)cc1)C2. The van der Waals surface area contributed by atoms with E-state index in [1.54, 1.807) is 31.4 Å². The van der Waals surface area contributed by atoms with E-state index in [0.29, 0.717) is 6.42 Å². The lowest BCUT2D eigenvalue weighted by Crippen LogP contribution is -2.23. The molecule has 1 aliphatic rings. The Bertz CT molecular complexity index is 1210. The van der Waals surface area contributed by atoms with Crippen LogP contribution in [-0.4, -0.2) is 28.2 Å². The molecule has 0 aliphatic carbocycles. The predicted octanol–water partition coefficient (Wildman–Crippen LogP) is 5.00. The Labute approximate surface area is 183 Å². The van der Waals surface area contributed by atoms with Crippen molar-refractivity contribution in [2.45, 2.75) is 38.2 Å². The van der Waals surface area contributed by atoms with E-state index in [1.807, 2.05) is 25.1 Å². The normalized spacial score (nSPS) is 15.4. The molecule has 5 nitrogen and oxygen atoms in total. The average molecular weight is 439 g/mol. The van der Waals surface area contributed by atoms with Crippen molar-refractivity contribution < 1.29 is 22.1 Å². The molecule has 6 heteroatoms. The van der Waals surface area contributed by atoms with Gasteiger partial charge in [-0.1, -0.05) is 35.9 Å². The number of aryl methyl sites for hydroxylation is 2. The molecule has 1 heterocycles. The van der Waals surface area contributed by atoms with Crippen LogP contribution in [0.4, 0.5) is 0 Å². The highest BCUT2D eigenvalue weighted by Gasteiger charge is 2.29. The van der Waals surface area contributed by atoms with Gasteiger partial charge in [0.2, 0.25) is 0 Å². The van der Waals surface area contributed by atoms with Crippen molar-refractivity contribution in [1.29, 1.82) is 0 Å². The second kappa shape index (κ2) is 8.36. The molecule has 3 aromatic rings. The van der Waals surface area contributed by atoms with Crippen molar-refractivity contribution in [3.8, 4) is 22.6 Å². The lowest BCUT2D eigenvalue weighted by molar-refractivity contribution is 0.152. The minimum absolute atomic E-state index is 0.0561. The van der Waals surface area contributed by atoms with Crippen LogP contribution in [0.15, 0.2) is 59.5 Å². The maximum atomic E-state index is 12.5. The third-order valence-corrected chi connectivity index (χ3v) is 7.02. The Hall–Kier alpha value is -2.83. The van der Waals surface area contributed by atoms with Crippen LogP contribution in [0.3, 0.4) is 0 Å². The molecule has 0 amide bonds. The third-order valence-electron chi connectivity index (χ3n) is 5.72. The van der Waals surface area contributed by atoms with E-state index >= 15 is 0 Å². The smallest absolute Gasteiger partial charge is 0.297 e. The van der Waals surface area contributed by atoms with Gasteiger partial charge in [-0.2, -0.15) is 8.42 Å². The highest BCUT2D eigenvalue weighted by molar-refractivity contribution is 7.86. The molecule has 0 radical (unpaired) electrons. The van der Waals surface area contributed by atoms with Gasteiger partial charge in [0.05, 0.1) is 12.0 Å². The Morgan fingerprint density at radius 3 is 2.45 bits per heavy atom.